The summed E-state index contributed by atoms with van der Waals surface area (Å²) in [5.74, 6) is -0.514. The van der Waals surface area contributed by atoms with Crippen molar-refractivity contribution in [2.45, 2.75) is 62.9 Å². The Labute approximate surface area is 177 Å². The molecule has 1 fully saturated rings. The number of hydrogen-bond donors (Lipinski definition) is 7. The van der Waals surface area contributed by atoms with Crippen molar-refractivity contribution < 1.29 is 50.0 Å². The second-order valence-electron chi connectivity index (χ2n) is 8.01. The molecule has 0 aliphatic carbocycles. The maximum absolute atomic E-state index is 11.0. The van der Waals surface area contributed by atoms with Crippen LogP contribution >= 0.6 is 0 Å². The number of phenolic OH excluding ortho intramolecular Hbond substituents is 2. The number of ether oxygens (including phenoxy) is 3. The van der Waals surface area contributed by atoms with Gasteiger partial charge in [0.2, 0.25) is 6.29 Å². The lowest BCUT2D eigenvalue weighted by atomic mass is 9.88. The molecule has 0 radical (unpaired) electrons. The Kier molecular flexibility index (Phi) is 5.73. The fraction of sp³-hybridized carbons (Fsp3) is 0.524. The standard InChI is InChI=1S/C21H26O10/c1-7-14-11(16(24)8(2)29-7)4-9-3-10(23)5-12(15(9)18(14)26)30-21-20(28)19(27)17(25)13(6-22)31-21/h3-5,7-8,13,16-17,19-28H,6H2,1-2H3/t7-,8+,13+,16+,17+,19+,20+,21+/m0/s1. The minimum absolute atomic E-state index is 0.0695. The van der Waals surface area contributed by atoms with Crippen LogP contribution in [0.15, 0.2) is 18.2 Å². The quantitative estimate of drug-likeness (QED) is 0.345. The number of aromatic hydroxyl groups is 2. The average molecular weight is 438 g/mol. The van der Waals surface area contributed by atoms with Gasteiger partial charge in [-0.1, -0.05) is 0 Å². The Morgan fingerprint density at radius 2 is 1.65 bits per heavy atom. The smallest absolute Gasteiger partial charge is 0.229 e. The average Bonchev–Trinajstić information content (AvgIpc) is 2.71. The maximum Gasteiger partial charge on any atom is 0.229 e. The summed E-state index contributed by atoms with van der Waals surface area (Å²) in [7, 11) is 0. The molecule has 1 saturated heterocycles. The van der Waals surface area contributed by atoms with E-state index in [-0.39, 0.29) is 22.6 Å². The Hall–Kier alpha value is -2.18. The molecule has 7 N–H and O–H groups in total. The molecule has 8 atom stereocenters. The van der Waals surface area contributed by atoms with Gasteiger partial charge >= 0.3 is 0 Å². The molecule has 2 heterocycles. The van der Waals surface area contributed by atoms with E-state index >= 15 is 0 Å². The van der Waals surface area contributed by atoms with E-state index in [9.17, 15) is 35.7 Å². The Morgan fingerprint density at radius 1 is 0.935 bits per heavy atom. The molecule has 2 aliphatic rings. The molecule has 170 valence electrons. The zero-order chi connectivity index (χ0) is 22.6. The van der Waals surface area contributed by atoms with Crippen molar-refractivity contribution in [3.8, 4) is 17.2 Å². The maximum atomic E-state index is 11.0. The molecule has 31 heavy (non-hydrogen) atoms. The summed E-state index contributed by atoms with van der Waals surface area (Å²) in [6.45, 7) is 2.81. The molecule has 10 heteroatoms. The van der Waals surface area contributed by atoms with Gasteiger partial charge in [0.05, 0.1) is 24.2 Å². The first-order valence-electron chi connectivity index (χ1n) is 9.97. The van der Waals surface area contributed by atoms with E-state index in [1.165, 1.54) is 12.1 Å². The van der Waals surface area contributed by atoms with Crippen molar-refractivity contribution in [3.63, 3.8) is 0 Å². The summed E-state index contributed by atoms with van der Waals surface area (Å²) in [4.78, 5) is 0. The van der Waals surface area contributed by atoms with Crippen molar-refractivity contribution in [2.75, 3.05) is 6.61 Å². The van der Waals surface area contributed by atoms with E-state index in [0.717, 1.165) is 0 Å². The lowest BCUT2D eigenvalue weighted by molar-refractivity contribution is -0.277. The van der Waals surface area contributed by atoms with Crippen LogP contribution in [0.3, 0.4) is 0 Å². The molecule has 10 nitrogen and oxygen atoms in total. The van der Waals surface area contributed by atoms with Crippen LogP contribution in [-0.2, 0) is 9.47 Å². The van der Waals surface area contributed by atoms with E-state index in [0.29, 0.717) is 16.5 Å². The molecule has 0 amide bonds. The van der Waals surface area contributed by atoms with Gasteiger partial charge in [-0.05, 0) is 36.9 Å². The number of aliphatic hydroxyl groups excluding tert-OH is 5. The van der Waals surface area contributed by atoms with Gasteiger partial charge in [0.15, 0.2) is 0 Å². The van der Waals surface area contributed by atoms with Crippen LogP contribution < -0.4 is 4.74 Å². The fourth-order valence-electron chi connectivity index (χ4n) is 4.28. The van der Waals surface area contributed by atoms with Crippen molar-refractivity contribution in [1.29, 1.82) is 0 Å². The second-order valence-corrected chi connectivity index (χ2v) is 8.01. The van der Waals surface area contributed by atoms with Crippen LogP contribution in [0.1, 0.15) is 37.2 Å². The molecule has 2 aromatic carbocycles. The highest BCUT2D eigenvalue weighted by Crippen LogP contribution is 2.48. The molecule has 2 aliphatic heterocycles. The van der Waals surface area contributed by atoms with Gasteiger partial charge in [0.1, 0.15) is 47.8 Å². The first-order chi connectivity index (χ1) is 14.6. The number of fused-ring (bicyclic) bond motifs is 2. The van der Waals surface area contributed by atoms with Gasteiger partial charge in [-0.2, -0.15) is 0 Å². The lowest BCUT2D eigenvalue weighted by Crippen LogP contribution is -2.60. The van der Waals surface area contributed by atoms with Crippen LogP contribution in [0, 0.1) is 0 Å². The molecule has 0 saturated carbocycles. The van der Waals surface area contributed by atoms with Gasteiger partial charge in [-0.3, -0.25) is 0 Å². The van der Waals surface area contributed by atoms with Crippen LogP contribution in [-0.4, -0.2) is 79.2 Å². The lowest BCUT2D eigenvalue weighted by Gasteiger charge is -2.39. The van der Waals surface area contributed by atoms with E-state index in [4.69, 9.17) is 14.2 Å². The molecule has 0 unspecified atom stereocenters. The van der Waals surface area contributed by atoms with Crippen LogP contribution in [0.5, 0.6) is 17.2 Å². The largest absolute Gasteiger partial charge is 0.508 e. The van der Waals surface area contributed by atoms with E-state index in [2.05, 4.69) is 0 Å². The third kappa shape index (κ3) is 3.60. The van der Waals surface area contributed by atoms with Crippen LogP contribution in [0.25, 0.3) is 10.8 Å². The summed E-state index contributed by atoms with van der Waals surface area (Å²) < 4.78 is 16.7. The van der Waals surface area contributed by atoms with Crippen molar-refractivity contribution >= 4 is 10.8 Å². The number of rotatable bonds is 3. The molecule has 0 aromatic heterocycles. The molecular formula is C21H26O10. The van der Waals surface area contributed by atoms with Gasteiger partial charge in [-0.15, -0.1) is 0 Å². The van der Waals surface area contributed by atoms with Crippen molar-refractivity contribution in [3.05, 3.63) is 29.3 Å². The summed E-state index contributed by atoms with van der Waals surface area (Å²) >= 11 is 0. The summed E-state index contributed by atoms with van der Waals surface area (Å²) in [6, 6.07) is 4.20. The SMILES string of the molecule is C[C@@H]1O[C@H](C)[C@@H](O)c2cc3cc(O)cc(O[C@@H]4O[C@H](CO)[C@@H](O)[C@@H](O)[C@H]4O)c3c(O)c21. The fourth-order valence-corrected chi connectivity index (χ4v) is 4.28. The molecule has 4 rings (SSSR count). The highest BCUT2D eigenvalue weighted by Gasteiger charge is 2.45. The third-order valence-electron chi connectivity index (χ3n) is 5.91. The number of hydrogen-bond acceptors (Lipinski definition) is 10. The number of aliphatic hydroxyl groups is 5. The Morgan fingerprint density at radius 3 is 2.32 bits per heavy atom. The van der Waals surface area contributed by atoms with Gasteiger partial charge in [0.25, 0.3) is 0 Å². The minimum atomic E-state index is -1.67. The van der Waals surface area contributed by atoms with E-state index < -0.39 is 55.6 Å². The first-order valence-corrected chi connectivity index (χ1v) is 9.97. The first kappa shape index (κ1) is 22.0. The van der Waals surface area contributed by atoms with Crippen molar-refractivity contribution in [2.24, 2.45) is 0 Å². The van der Waals surface area contributed by atoms with Gasteiger partial charge in [0, 0.05) is 11.6 Å². The van der Waals surface area contributed by atoms with Crippen molar-refractivity contribution in [1.82, 2.24) is 0 Å². The minimum Gasteiger partial charge on any atom is -0.508 e. The molecule has 2 aromatic rings. The Balaban J connectivity index is 1.81. The monoisotopic (exact) mass is 438 g/mol. The summed E-state index contributed by atoms with van der Waals surface area (Å²) in [5, 5.41) is 71.9. The highest BCUT2D eigenvalue weighted by molar-refractivity contribution is 5.96. The summed E-state index contributed by atoms with van der Waals surface area (Å²) in [6.07, 6.45) is -9.58. The molecule has 0 spiro atoms. The molecular weight excluding hydrogens is 412 g/mol. The second kappa shape index (κ2) is 8.06. The Bertz CT molecular complexity index is 977. The predicted molar refractivity (Wildman–Crippen MR) is 106 cm³/mol. The van der Waals surface area contributed by atoms with Gasteiger partial charge < -0.3 is 50.0 Å². The van der Waals surface area contributed by atoms with Crippen LogP contribution in [0.4, 0.5) is 0 Å². The zero-order valence-corrected chi connectivity index (χ0v) is 16.9. The number of phenols is 2. The third-order valence-corrected chi connectivity index (χ3v) is 5.91. The van der Waals surface area contributed by atoms with Gasteiger partial charge in [-0.25, -0.2) is 0 Å². The molecule has 0 bridgehead atoms. The van der Waals surface area contributed by atoms with Crippen LogP contribution in [0.2, 0.25) is 0 Å². The highest BCUT2D eigenvalue weighted by atomic mass is 16.7. The normalized spacial score (nSPS) is 35.7. The van der Waals surface area contributed by atoms with E-state index in [1.54, 1.807) is 19.9 Å². The summed E-state index contributed by atoms with van der Waals surface area (Å²) in [5.41, 5.74) is 0.822. The predicted octanol–water partition coefficient (Wildman–Crippen LogP) is -0.0572. The topological polar surface area (TPSA) is 169 Å². The zero-order valence-electron chi connectivity index (χ0n) is 16.9. The number of benzene rings is 2. The van der Waals surface area contributed by atoms with E-state index in [1.807, 2.05) is 0 Å².